The van der Waals surface area contributed by atoms with Gasteiger partial charge in [0.05, 0.1) is 28.8 Å². The Morgan fingerprint density at radius 1 is 1.33 bits per heavy atom. The molecule has 1 unspecified atom stereocenters. The second-order valence-corrected chi connectivity index (χ2v) is 7.60. The molecule has 1 aromatic carbocycles. The second-order valence-electron chi connectivity index (χ2n) is 5.43. The van der Waals surface area contributed by atoms with E-state index in [9.17, 15) is 8.42 Å². The Balaban J connectivity index is 1.81. The van der Waals surface area contributed by atoms with Crippen LogP contribution in [-0.2, 0) is 14.8 Å². The van der Waals surface area contributed by atoms with Gasteiger partial charge in [-0.05, 0) is 37.1 Å². The van der Waals surface area contributed by atoms with Crippen molar-refractivity contribution in [1.29, 1.82) is 0 Å². The van der Waals surface area contributed by atoms with Crippen molar-refractivity contribution < 1.29 is 17.9 Å². The zero-order valence-corrected chi connectivity index (χ0v) is 14.4. The highest BCUT2D eigenvalue weighted by Crippen LogP contribution is 2.37. The Labute approximate surface area is 145 Å². The first-order chi connectivity index (χ1) is 11.5. The van der Waals surface area contributed by atoms with Crippen LogP contribution in [0.15, 0.2) is 42.7 Å². The highest BCUT2D eigenvalue weighted by molar-refractivity contribution is 7.92. The number of anilines is 1. The molecule has 6 nitrogen and oxygen atoms in total. The molecule has 0 amide bonds. The van der Waals surface area contributed by atoms with Crippen LogP contribution in [0.3, 0.4) is 0 Å². The molecule has 24 heavy (non-hydrogen) atoms. The van der Waals surface area contributed by atoms with Gasteiger partial charge in [0.15, 0.2) is 5.75 Å². The van der Waals surface area contributed by atoms with E-state index in [-0.39, 0.29) is 23.3 Å². The van der Waals surface area contributed by atoms with E-state index in [0.717, 1.165) is 12.8 Å². The molecule has 1 fully saturated rings. The van der Waals surface area contributed by atoms with Crippen LogP contribution in [0.1, 0.15) is 12.8 Å². The lowest BCUT2D eigenvalue weighted by atomic mass is 10.3. The summed E-state index contributed by atoms with van der Waals surface area (Å²) in [6, 6.07) is 8.31. The summed E-state index contributed by atoms with van der Waals surface area (Å²) in [5.74, 6) is 0.611. The molecular weight excluding hydrogens is 352 g/mol. The highest BCUT2D eigenvalue weighted by atomic mass is 35.5. The molecule has 2 aromatic rings. The van der Waals surface area contributed by atoms with Gasteiger partial charge >= 0.3 is 0 Å². The summed E-state index contributed by atoms with van der Waals surface area (Å²) in [6.45, 7) is 0.604. The molecule has 0 spiro atoms. The van der Waals surface area contributed by atoms with Crippen LogP contribution in [0.4, 0.5) is 5.69 Å². The fourth-order valence-corrected chi connectivity index (χ4v) is 3.99. The summed E-state index contributed by atoms with van der Waals surface area (Å²) in [6.07, 6.45) is 4.49. The van der Waals surface area contributed by atoms with E-state index < -0.39 is 10.0 Å². The number of hydrogen-bond donors (Lipinski definition) is 1. The van der Waals surface area contributed by atoms with Gasteiger partial charge in [0.1, 0.15) is 5.75 Å². The zero-order chi connectivity index (χ0) is 17.0. The topological polar surface area (TPSA) is 77.5 Å². The lowest BCUT2D eigenvalue weighted by Gasteiger charge is -2.16. The highest BCUT2D eigenvalue weighted by Gasteiger charge is 2.24. The minimum Gasteiger partial charge on any atom is -0.452 e. The molecule has 1 saturated heterocycles. The quantitative estimate of drug-likeness (QED) is 0.844. The van der Waals surface area contributed by atoms with Crippen molar-refractivity contribution in [2.24, 2.45) is 0 Å². The summed E-state index contributed by atoms with van der Waals surface area (Å²) in [7, 11) is -3.58. The van der Waals surface area contributed by atoms with E-state index in [1.807, 2.05) is 0 Å². The Kier molecular flexibility index (Phi) is 5.23. The van der Waals surface area contributed by atoms with Crippen LogP contribution < -0.4 is 9.46 Å². The van der Waals surface area contributed by atoms with E-state index in [2.05, 4.69) is 9.71 Å². The molecule has 0 bridgehead atoms. The minimum atomic E-state index is -3.58. The van der Waals surface area contributed by atoms with Crippen molar-refractivity contribution in [3.8, 4) is 11.5 Å². The zero-order valence-electron chi connectivity index (χ0n) is 12.8. The largest absolute Gasteiger partial charge is 0.452 e. The normalized spacial score (nSPS) is 17.6. The van der Waals surface area contributed by atoms with Gasteiger partial charge in [0.2, 0.25) is 10.0 Å². The van der Waals surface area contributed by atoms with Crippen LogP contribution in [0.5, 0.6) is 11.5 Å². The van der Waals surface area contributed by atoms with Gasteiger partial charge in [0.25, 0.3) is 0 Å². The average molecular weight is 369 g/mol. The summed E-state index contributed by atoms with van der Waals surface area (Å²) in [4.78, 5) is 3.96. The Morgan fingerprint density at radius 3 is 2.92 bits per heavy atom. The van der Waals surface area contributed by atoms with Gasteiger partial charge in [-0.25, -0.2) is 8.42 Å². The molecule has 1 N–H and O–H groups in total. The SMILES string of the molecule is O=S(=O)(CC1CCCO1)Nc1cccc(Cl)c1Oc1cccnc1. The van der Waals surface area contributed by atoms with Gasteiger partial charge in [-0.3, -0.25) is 9.71 Å². The van der Waals surface area contributed by atoms with Crippen molar-refractivity contribution in [3.05, 3.63) is 47.7 Å². The van der Waals surface area contributed by atoms with Gasteiger partial charge in [0, 0.05) is 12.8 Å². The monoisotopic (exact) mass is 368 g/mol. The Morgan fingerprint density at radius 2 is 2.21 bits per heavy atom. The van der Waals surface area contributed by atoms with E-state index in [1.54, 1.807) is 36.5 Å². The maximum absolute atomic E-state index is 12.4. The molecule has 3 rings (SSSR count). The van der Waals surface area contributed by atoms with Crippen molar-refractivity contribution >= 4 is 27.3 Å². The lowest BCUT2D eigenvalue weighted by Crippen LogP contribution is -2.25. The smallest absolute Gasteiger partial charge is 0.235 e. The van der Waals surface area contributed by atoms with Gasteiger partial charge in [-0.1, -0.05) is 17.7 Å². The third kappa shape index (κ3) is 4.37. The predicted molar refractivity (Wildman–Crippen MR) is 92.1 cm³/mol. The number of hydrogen-bond acceptors (Lipinski definition) is 5. The maximum Gasteiger partial charge on any atom is 0.235 e. The number of benzene rings is 1. The first-order valence-electron chi connectivity index (χ1n) is 7.52. The molecule has 128 valence electrons. The number of nitrogens with zero attached hydrogens (tertiary/aromatic N) is 1. The van der Waals surface area contributed by atoms with E-state index in [4.69, 9.17) is 21.1 Å². The summed E-state index contributed by atoms with van der Waals surface area (Å²) >= 11 is 6.17. The summed E-state index contributed by atoms with van der Waals surface area (Å²) < 4.78 is 38.4. The number of para-hydroxylation sites is 1. The molecular formula is C16H17ClN2O4S. The predicted octanol–water partition coefficient (Wildman–Crippen LogP) is 3.45. The van der Waals surface area contributed by atoms with Gasteiger partial charge < -0.3 is 9.47 Å². The van der Waals surface area contributed by atoms with Crippen LogP contribution in [0, 0.1) is 0 Å². The lowest BCUT2D eigenvalue weighted by molar-refractivity contribution is 0.127. The third-order valence-electron chi connectivity index (χ3n) is 3.52. The standard InChI is InChI=1S/C16H17ClN2O4S/c17-14-6-1-7-15(16(14)23-12-4-2-8-18-10-12)19-24(20,21)11-13-5-3-9-22-13/h1-2,4,6-8,10,13,19H,3,5,9,11H2. The fraction of sp³-hybridized carbons (Fsp3) is 0.312. The molecule has 0 radical (unpaired) electrons. The number of rotatable bonds is 6. The number of pyridine rings is 1. The number of halogens is 1. The van der Waals surface area contributed by atoms with Crippen LogP contribution in [-0.4, -0.2) is 31.9 Å². The van der Waals surface area contributed by atoms with E-state index in [0.29, 0.717) is 17.4 Å². The molecule has 8 heteroatoms. The van der Waals surface area contributed by atoms with Crippen molar-refractivity contribution in [2.75, 3.05) is 17.1 Å². The molecule has 1 atom stereocenters. The van der Waals surface area contributed by atoms with E-state index in [1.165, 1.54) is 6.20 Å². The molecule has 2 heterocycles. The van der Waals surface area contributed by atoms with E-state index >= 15 is 0 Å². The fourth-order valence-electron chi connectivity index (χ4n) is 2.45. The van der Waals surface area contributed by atoms with Gasteiger partial charge in [-0.15, -0.1) is 0 Å². The third-order valence-corrected chi connectivity index (χ3v) is 5.16. The number of aromatic nitrogens is 1. The number of ether oxygens (including phenoxy) is 2. The number of nitrogens with one attached hydrogen (secondary N) is 1. The first-order valence-corrected chi connectivity index (χ1v) is 9.55. The van der Waals surface area contributed by atoms with Crippen molar-refractivity contribution in [1.82, 2.24) is 4.98 Å². The molecule has 1 aromatic heterocycles. The van der Waals surface area contributed by atoms with Crippen LogP contribution >= 0.6 is 11.6 Å². The summed E-state index contributed by atoms with van der Waals surface area (Å²) in [5.41, 5.74) is 0.282. The van der Waals surface area contributed by atoms with Gasteiger partial charge in [-0.2, -0.15) is 0 Å². The first kappa shape index (κ1) is 17.0. The summed E-state index contributed by atoms with van der Waals surface area (Å²) in [5, 5.41) is 0.302. The average Bonchev–Trinajstić information content (AvgIpc) is 3.03. The molecule has 1 aliphatic heterocycles. The second kappa shape index (κ2) is 7.38. The maximum atomic E-state index is 12.4. The molecule has 1 aliphatic rings. The Hall–Kier alpha value is -1.83. The molecule has 0 aliphatic carbocycles. The Bertz CT molecular complexity index is 793. The van der Waals surface area contributed by atoms with Crippen LogP contribution in [0.2, 0.25) is 5.02 Å². The number of sulfonamides is 1. The van der Waals surface area contributed by atoms with Crippen LogP contribution in [0.25, 0.3) is 0 Å². The molecule has 0 saturated carbocycles. The van der Waals surface area contributed by atoms with Crippen molar-refractivity contribution in [2.45, 2.75) is 18.9 Å². The van der Waals surface area contributed by atoms with Crippen molar-refractivity contribution in [3.63, 3.8) is 0 Å². The minimum absolute atomic E-state index is 0.0914.